The maximum absolute atomic E-state index is 12.4. The Labute approximate surface area is 124 Å². The number of ketones is 1. The Morgan fingerprint density at radius 1 is 1.29 bits per heavy atom. The lowest BCUT2D eigenvalue weighted by Crippen LogP contribution is -2.30. The predicted molar refractivity (Wildman–Crippen MR) is 81.1 cm³/mol. The molecule has 5 nitrogen and oxygen atoms in total. The number of carbonyl (C=O) groups is 2. The molecule has 1 saturated carbocycles. The van der Waals surface area contributed by atoms with Crippen LogP contribution in [0.3, 0.4) is 0 Å². The minimum atomic E-state index is -0.909. The highest BCUT2D eigenvalue weighted by molar-refractivity contribution is 6.17. The number of nitrogens with zero attached hydrogens (tertiary/aromatic N) is 1. The van der Waals surface area contributed by atoms with Gasteiger partial charge in [-0.2, -0.15) is 0 Å². The molecule has 1 aliphatic rings. The van der Waals surface area contributed by atoms with Crippen molar-refractivity contribution in [2.45, 2.75) is 12.8 Å². The zero-order valence-electron chi connectivity index (χ0n) is 12.6. The molecule has 0 spiro atoms. The summed E-state index contributed by atoms with van der Waals surface area (Å²) in [7, 11) is 5.21. The highest BCUT2D eigenvalue weighted by Crippen LogP contribution is 2.48. The molecule has 2 rings (SSSR count). The molecule has 0 saturated heterocycles. The fraction of sp³-hybridized carbons (Fsp3) is 0.375. The molecular formula is C16H20N2O3. The van der Waals surface area contributed by atoms with E-state index >= 15 is 0 Å². The molecule has 0 radical (unpaired) electrons. The summed E-state index contributed by atoms with van der Waals surface area (Å²) in [6, 6.07) is 7.16. The lowest BCUT2D eigenvalue weighted by molar-refractivity contribution is -0.130. The molecule has 0 aliphatic heterocycles. The average Bonchev–Trinajstić information content (AvgIpc) is 3.27. The van der Waals surface area contributed by atoms with E-state index in [4.69, 9.17) is 4.74 Å². The van der Waals surface area contributed by atoms with Gasteiger partial charge >= 0.3 is 0 Å². The molecule has 1 aromatic rings. The Hall–Kier alpha value is -2.30. The quantitative estimate of drug-likeness (QED) is 0.643. The van der Waals surface area contributed by atoms with Gasteiger partial charge in [-0.1, -0.05) is 12.1 Å². The zero-order chi connectivity index (χ0) is 15.5. The molecule has 1 aliphatic carbocycles. The van der Waals surface area contributed by atoms with Crippen LogP contribution in [0.2, 0.25) is 0 Å². The van der Waals surface area contributed by atoms with Crippen molar-refractivity contribution in [3.63, 3.8) is 0 Å². The van der Waals surface area contributed by atoms with Crippen LogP contribution in [-0.4, -0.2) is 37.8 Å². The van der Waals surface area contributed by atoms with E-state index in [1.807, 2.05) is 26.2 Å². The number of carbonyl (C=O) groups excluding carboxylic acids is 2. The third-order valence-corrected chi connectivity index (χ3v) is 3.54. The molecule has 0 bridgehead atoms. The third kappa shape index (κ3) is 3.24. The first kappa shape index (κ1) is 15.1. The number of amides is 1. The van der Waals surface area contributed by atoms with Crippen molar-refractivity contribution in [2.24, 2.45) is 5.41 Å². The van der Waals surface area contributed by atoms with Crippen LogP contribution < -0.4 is 10.1 Å². The Bertz CT molecular complexity index is 575. The van der Waals surface area contributed by atoms with Crippen LogP contribution in [-0.2, 0) is 9.59 Å². The minimum absolute atomic E-state index is 0.149. The molecule has 0 unspecified atom stereocenters. The molecule has 1 amide bonds. The molecule has 0 atom stereocenters. The molecule has 112 valence electrons. The average molecular weight is 288 g/mol. The number of allylic oxidation sites excluding steroid dienone is 1. The maximum atomic E-state index is 12.4. The number of hydrogen-bond donors (Lipinski definition) is 1. The van der Waals surface area contributed by atoms with Gasteiger partial charge in [0.05, 0.1) is 12.8 Å². The van der Waals surface area contributed by atoms with Gasteiger partial charge in [0.1, 0.15) is 11.2 Å². The van der Waals surface area contributed by atoms with E-state index in [2.05, 4.69) is 5.32 Å². The first-order valence-corrected chi connectivity index (χ1v) is 6.83. The Morgan fingerprint density at radius 2 is 1.95 bits per heavy atom. The molecular weight excluding hydrogens is 268 g/mol. The van der Waals surface area contributed by atoms with Crippen molar-refractivity contribution in [1.29, 1.82) is 0 Å². The monoisotopic (exact) mass is 288 g/mol. The van der Waals surface area contributed by atoms with Gasteiger partial charge in [-0.05, 0) is 31.1 Å². The second-order valence-electron chi connectivity index (χ2n) is 5.38. The van der Waals surface area contributed by atoms with Crippen LogP contribution in [0.15, 0.2) is 36.5 Å². The zero-order valence-corrected chi connectivity index (χ0v) is 12.6. The van der Waals surface area contributed by atoms with Crippen LogP contribution in [0, 0.1) is 5.41 Å². The van der Waals surface area contributed by atoms with Gasteiger partial charge in [0, 0.05) is 20.3 Å². The summed E-state index contributed by atoms with van der Waals surface area (Å²) >= 11 is 0. The molecule has 1 fully saturated rings. The van der Waals surface area contributed by atoms with Crippen LogP contribution in [0.5, 0.6) is 5.75 Å². The van der Waals surface area contributed by atoms with Crippen molar-refractivity contribution in [2.75, 3.05) is 26.5 Å². The molecule has 5 heteroatoms. The summed E-state index contributed by atoms with van der Waals surface area (Å²) < 4.78 is 5.20. The number of methoxy groups -OCH3 is 1. The minimum Gasteiger partial charge on any atom is -0.495 e. The summed E-state index contributed by atoms with van der Waals surface area (Å²) in [5.74, 6) is 0.168. The van der Waals surface area contributed by atoms with Crippen molar-refractivity contribution < 1.29 is 14.3 Å². The Kier molecular flexibility index (Phi) is 4.31. The lowest BCUT2D eigenvalue weighted by Gasteiger charge is -2.15. The van der Waals surface area contributed by atoms with Gasteiger partial charge in [-0.25, -0.2) is 0 Å². The lowest BCUT2D eigenvalue weighted by atomic mass is 9.99. The third-order valence-electron chi connectivity index (χ3n) is 3.54. The van der Waals surface area contributed by atoms with Crippen molar-refractivity contribution in [1.82, 2.24) is 4.90 Å². The molecule has 21 heavy (non-hydrogen) atoms. The van der Waals surface area contributed by atoms with E-state index in [9.17, 15) is 9.59 Å². The summed E-state index contributed by atoms with van der Waals surface area (Å²) in [5, 5.41) is 2.80. The van der Waals surface area contributed by atoms with E-state index in [1.54, 1.807) is 30.3 Å². The topological polar surface area (TPSA) is 58.6 Å². The normalized spacial score (nSPS) is 15.6. The number of ether oxygens (including phenoxy) is 1. The van der Waals surface area contributed by atoms with Gasteiger partial charge in [0.15, 0.2) is 5.78 Å². The predicted octanol–water partition coefficient (Wildman–Crippen LogP) is 2.06. The first-order chi connectivity index (χ1) is 9.99. The van der Waals surface area contributed by atoms with Crippen molar-refractivity contribution >= 4 is 17.4 Å². The van der Waals surface area contributed by atoms with E-state index in [1.165, 1.54) is 6.08 Å². The fourth-order valence-electron chi connectivity index (χ4n) is 2.08. The van der Waals surface area contributed by atoms with Gasteiger partial charge in [-0.3, -0.25) is 9.59 Å². The number of rotatable bonds is 6. The standard InChI is InChI=1S/C16H20N2O3/c1-18(2)11-8-14(19)16(9-10-16)15(20)17-12-6-4-5-7-13(12)21-3/h4-8,11H,9-10H2,1-3H3,(H,17,20)/b11-8+. The van der Waals surface area contributed by atoms with Gasteiger partial charge < -0.3 is 15.0 Å². The summed E-state index contributed by atoms with van der Waals surface area (Å²) in [6.07, 6.45) is 4.31. The molecule has 1 aromatic carbocycles. The maximum Gasteiger partial charge on any atom is 0.238 e. The van der Waals surface area contributed by atoms with E-state index < -0.39 is 5.41 Å². The number of hydrogen-bond acceptors (Lipinski definition) is 4. The molecule has 0 aromatic heterocycles. The Balaban J connectivity index is 2.11. The van der Waals surface area contributed by atoms with Crippen molar-refractivity contribution in [3.05, 3.63) is 36.5 Å². The number of anilines is 1. The second-order valence-corrected chi connectivity index (χ2v) is 5.38. The molecule has 0 heterocycles. The van der Waals surface area contributed by atoms with Gasteiger partial charge in [0.25, 0.3) is 0 Å². The highest BCUT2D eigenvalue weighted by atomic mass is 16.5. The highest BCUT2D eigenvalue weighted by Gasteiger charge is 2.55. The summed E-state index contributed by atoms with van der Waals surface area (Å²) in [5.41, 5.74) is -0.325. The van der Waals surface area contributed by atoms with E-state index in [0.29, 0.717) is 24.3 Å². The number of benzene rings is 1. The van der Waals surface area contributed by atoms with E-state index in [0.717, 1.165) is 0 Å². The summed E-state index contributed by atoms with van der Waals surface area (Å²) in [4.78, 5) is 26.4. The van der Waals surface area contributed by atoms with Gasteiger partial charge in [-0.15, -0.1) is 0 Å². The number of para-hydroxylation sites is 2. The SMILES string of the molecule is COc1ccccc1NC(=O)C1(C(=O)/C=C/N(C)C)CC1. The second kappa shape index (κ2) is 5.99. The first-order valence-electron chi connectivity index (χ1n) is 6.83. The number of nitrogens with one attached hydrogen (secondary N) is 1. The van der Waals surface area contributed by atoms with E-state index in [-0.39, 0.29) is 11.7 Å². The van der Waals surface area contributed by atoms with Gasteiger partial charge in [0.2, 0.25) is 5.91 Å². The largest absolute Gasteiger partial charge is 0.495 e. The Morgan fingerprint density at radius 3 is 2.52 bits per heavy atom. The molecule has 1 N–H and O–H groups in total. The van der Waals surface area contributed by atoms with Crippen molar-refractivity contribution in [3.8, 4) is 5.75 Å². The summed E-state index contributed by atoms with van der Waals surface area (Å²) in [6.45, 7) is 0. The van der Waals surface area contributed by atoms with Crippen LogP contribution >= 0.6 is 0 Å². The smallest absolute Gasteiger partial charge is 0.238 e. The van der Waals surface area contributed by atoms with Crippen LogP contribution in [0.4, 0.5) is 5.69 Å². The van der Waals surface area contributed by atoms with Crippen LogP contribution in [0.1, 0.15) is 12.8 Å². The van der Waals surface area contributed by atoms with Crippen LogP contribution in [0.25, 0.3) is 0 Å². The fourth-order valence-corrected chi connectivity index (χ4v) is 2.08.